The Hall–Kier alpha value is -2.42. The Morgan fingerprint density at radius 1 is 1.26 bits per heavy atom. The van der Waals surface area contributed by atoms with Crippen molar-refractivity contribution in [3.8, 4) is 17.5 Å². The molecule has 1 fully saturated rings. The summed E-state index contributed by atoms with van der Waals surface area (Å²) in [7, 11) is -4.43. The first-order valence-corrected chi connectivity index (χ1v) is 13.0. The number of benzene rings is 1. The highest BCUT2D eigenvalue weighted by Crippen LogP contribution is 2.42. The summed E-state index contributed by atoms with van der Waals surface area (Å²) in [5.74, 6) is 0. The van der Waals surface area contributed by atoms with Gasteiger partial charge in [0.2, 0.25) is 10.0 Å². The van der Waals surface area contributed by atoms with Crippen molar-refractivity contribution in [3.63, 3.8) is 0 Å². The topological polar surface area (TPSA) is 87.8 Å². The first-order chi connectivity index (χ1) is 15.9. The summed E-state index contributed by atoms with van der Waals surface area (Å²) in [5, 5.41) is 10.8. The molecule has 0 spiro atoms. The Balaban J connectivity index is 1.84. The number of fused-ring (bicyclic) bond motifs is 1. The molecule has 0 aliphatic heterocycles. The van der Waals surface area contributed by atoms with E-state index in [1.54, 1.807) is 4.72 Å². The molecular formula is C23H22BrF3N4O2S. The Bertz CT molecular complexity index is 1390. The summed E-state index contributed by atoms with van der Waals surface area (Å²) < 4.78 is 68.0. The van der Waals surface area contributed by atoms with Gasteiger partial charge in [-0.25, -0.2) is 8.42 Å². The predicted octanol–water partition coefficient (Wildman–Crippen LogP) is 5.99. The van der Waals surface area contributed by atoms with E-state index in [-0.39, 0.29) is 10.9 Å². The van der Waals surface area contributed by atoms with Crippen molar-refractivity contribution in [1.29, 1.82) is 5.26 Å². The lowest BCUT2D eigenvalue weighted by Gasteiger charge is -2.19. The van der Waals surface area contributed by atoms with E-state index in [1.807, 2.05) is 19.1 Å². The van der Waals surface area contributed by atoms with Gasteiger partial charge in [0.25, 0.3) is 0 Å². The van der Waals surface area contributed by atoms with Crippen molar-refractivity contribution >= 4 is 36.9 Å². The molecule has 4 rings (SSSR count). The predicted molar refractivity (Wildman–Crippen MR) is 126 cm³/mol. The maximum absolute atomic E-state index is 12.8. The number of alkyl halides is 3. The third-order valence-electron chi connectivity index (χ3n) is 6.20. The van der Waals surface area contributed by atoms with Crippen LogP contribution in [0.5, 0.6) is 0 Å². The molecule has 1 atom stereocenters. The van der Waals surface area contributed by atoms with Crippen LogP contribution in [0, 0.1) is 18.3 Å². The number of hydrogen-bond donors (Lipinski definition) is 1. The minimum Gasteiger partial charge on any atom is -0.335 e. The van der Waals surface area contributed by atoms with Gasteiger partial charge in [-0.15, -0.1) is 0 Å². The standard InChI is InChI=1S/C23H22BrF3N4O2S/c1-13-9-21-17(10-19(13)24)18(11-28)22(31(21)15-5-3-4-6-15)20-8-7-16(12-29-20)34(32,33)30-14(2)23(25,26)27/h7-10,12,14-15,30H,3-6H2,1-2H3/t14-/m0/s1. The molecule has 1 saturated carbocycles. The minimum absolute atomic E-state index is 0.166. The lowest BCUT2D eigenvalue weighted by atomic mass is 10.1. The van der Waals surface area contributed by atoms with E-state index >= 15 is 0 Å². The molecule has 1 aromatic carbocycles. The van der Waals surface area contributed by atoms with Gasteiger partial charge in [-0.05, 0) is 56.5 Å². The Morgan fingerprint density at radius 3 is 2.50 bits per heavy atom. The molecule has 0 radical (unpaired) electrons. The van der Waals surface area contributed by atoms with Crippen LogP contribution in [0.25, 0.3) is 22.3 Å². The highest BCUT2D eigenvalue weighted by atomic mass is 79.9. The molecular weight excluding hydrogens is 533 g/mol. The lowest BCUT2D eigenvalue weighted by Crippen LogP contribution is -2.42. The van der Waals surface area contributed by atoms with Gasteiger partial charge >= 0.3 is 6.18 Å². The summed E-state index contributed by atoms with van der Waals surface area (Å²) in [6, 6.07) is 6.78. The number of nitrogens with one attached hydrogen (secondary N) is 1. The van der Waals surface area contributed by atoms with E-state index in [0.717, 1.165) is 59.7 Å². The fraction of sp³-hybridized carbons (Fsp3) is 0.391. The first kappa shape index (κ1) is 24.7. The van der Waals surface area contributed by atoms with Crippen LogP contribution in [-0.2, 0) is 10.0 Å². The monoisotopic (exact) mass is 554 g/mol. The van der Waals surface area contributed by atoms with Gasteiger partial charge < -0.3 is 4.57 Å². The Morgan fingerprint density at radius 2 is 1.94 bits per heavy atom. The van der Waals surface area contributed by atoms with Crippen LogP contribution in [-0.4, -0.2) is 30.2 Å². The van der Waals surface area contributed by atoms with E-state index in [2.05, 4.69) is 31.6 Å². The average Bonchev–Trinajstić information content (AvgIpc) is 3.39. The molecule has 0 saturated heterocycles. The van der Waals surface area contributed by atoms with E-state index in [9.17, 15) is 26.9 Å². The SMILES string of the molecule is Cc1cc2c(cc1Br)c(C#N)c(-c1ccc(S(=O)(=O)N[C@@H](C)C(F)(F)F)cn1)n2C1CCCC1. The fourth-order valence-corrected chi connectivity index (χ4v) is 5.90. The molecule has 2 aromatic heterocycles. The minimum atomic E-state index is -4.71. The van der Waals surface area contributed by atoms with Crippen LogP contribution < -0.4 is 4.72 Å². The van der Waals surface area contributed by atoms with E-state index in [1.165, 1.54) is 12.1 Å². The molecule has 0 unspecified atom stereocenters. The van der Waals surface area contributed by atoms with Crippen LogP contribution in [0.15, 0.2) is 39.8 Å². The zero-order valence-electron chi connectivity index (χ0n) is 18.4. The van der Waals surface area contributed by atoms with Crippen molar-refractivity contribution in [2.24, 2.45) is 0 Å². The molecule has 6 nitrogen and oxygen atoms in total. The second kappa shape index (κ2) is 8.98. The maximum atomic E-state index is 12.8. The van der Waals surface area contributed by atoms with Gasteiger partial charge in [-0.1, -0.05) is 28.8 Å². The van der Waals surface area contributed by atoms with Crippen LogP contribution in [0.1, 0.15) is 49.8 Å². The van der Waals surface area contributed by atoms with Crippen molar-refractivity contribution in [2.45, 2.75) is 62.7 Å². The van der Waals surface area contributed by atoms with Gasteiger partial charge in [0.15, 0.2) is 0 Å². The molecule has 34 heavy (non-hydrogen) atoms. The lowest BCUT2D eigenvalue weighted by molar-refractivity contribution is -0.147. The summed E-state index contributed by atoms with van der Waals surface area (Å²) >= 11 is 3.53. The molecule has 1 aliphatic rings. The number of aromatic nitrogens is 2. The number of nitrogens with zero attached hydrogens (tertiary/aromatic N) is 3. The van der Waals surface area contributed by atoms with E-state index in [4.69, 9.17) is 0 Å². The number of halogens is 4. The molecule has 1 N–H and O–H groups in total. The summed E-state index contributed by atoms with van der Waals surface area (Å²) in [6.07, 6.45) is 0.338. The van der Waals surface area contributed by atoms with Crippen LogP contribution >= 0.6 is 15.9 Å². The Labute approximate surface area is 204 Å². The average molecular weight is 555 g/mol. The van der Waals surface area contributed by atoms with Gasteiger partial charge in [0.1, 0.15) is 17.0 Å². The number of aryl methyl sites for hydroxylation is 1. The van der Waals surface area contributed by atoms with E-state index < -0.39 is 22.2 Å². The van der Waals surface area contributed by atoms with Gasteiger partial charge in [0, 0.05) is 22.1 Å². The van der Waals surface area contributed by atoms with Crippen LogP contribution in [0.3, 0.4) is 0 Å². The van der Waals surface area contributed by atoms with Crippen molar-refractivity contribution in [3.05, 3.63) is 46.1 Å². The van der Waals surface area contributed by atoms with Crippen LogP contribution in [0.4, 0.5) is 13.2 Å². The second-order valence-electron chi connectivity index (χ2n) is 8.53. The Kier molecular flexibility index (Phi) is 6.52. The number of rotatable bonds is 5. The number of sulfonamides is 1. The van der Waals surface area contributed by atoms with E-state index in [0.29, 0.717) is 17.0 Å². The molecule has 0 amide bonds. The second-order valence-corrected chi connectivity index (χ2v) is 11.1. The molecule has 3 aromatic rings. The molecule has 1 aliphatic carbocycles. The zero-order chi connectivity index (χ0) is 24.8. The third-order valence-corrected chi connectivity index (χ3v) is 8.58. The molecule has 0 bridgehead atoms. The normalized spacial score (nSPS) is 16.1. The van der Waals surface area contributed by atoms with Crippen LogP contribution in [0.2, 0.25) is 0 Å². The maximum Gasteiger partial charge on any atom is 0.404 e. The van der Waals surface area contributed by atoms with Crippen molar-refractivity contribution in [2.75, 3.05) is 0 Å². The number of pyridine rings is 1. The smallest absolute Gasteiger partial charge is 0.335 e. The first-order valence-electron chi connectivity index (χ1n) is 10.7. The summed E-state index contributed by atoms with van der Waals surface area (Å²) in [6.45, 7) is 2.70. The summed E-state index contributed by atoms with van der Waals surface area (Å²) in [5.41, 5.74) is 3.31. The fourth-order valence-electron chi connectivity index (χ4n) is 4.39. The van der Waals surface area contributed by atoms with Gasteiger partial charge in [-0.2, -0.15) is 23.2 Å². The number of nitriles is 1. The summed E-state index contributed by atoms with van der Waals surface area (Å²) in [4.78, 5) is 3.90. The zero-order valence-corrected chi connectivity index (χ0v) is 20.9. The highest BCUT2D eigenvalue weighted by molar-refractivity contribution is 9.10. The van der Waals surface area contributed by atoms with Gasteiger partial charge in [-0.3, -0.25) is 4.98 Å². The highest BCUT2D eigenvalue weighted by Gasteiger charge is 2.39. The third kappa shape index (κ3) is 4.46. The van der Waals surface area contributed by atoms with Crippen molar-refractivity contribution < 1.29 is 21.6 Å². The molecule has 2 heterocycles. The van der Waals surface area contributed by atoms with Gasteiger partial charge in [0.05, 0.1) is 22.5 Å². The number of hydrogen-bond acceptors (Lipinski definition) is 4. The molecule has 11 heteroatoms. The molecule has 180 valence electrons. The quantitative estimate of drug-likeness (QED) is 0.419. The van der Waals surface area contributed by atoms with Crippen molar-refractivity contribution in [1.82, 2.24) is 14.3 Å². The largest absolute Gasteiger partial charge is 0.404 e.